The van der Waals surface area contributed by atoms with E-state index in [9.17, 15) is 27.1 Å². The van der Waals surface area contributed by atoms with Gasteiger partial charge in [0, 0.05) is 40.1 Å². The molecule has 11 heteroatoms. The first-order valence-electron chi connectivity index (χ1n) is 12.6. The number of likely N-dealkylation sites (N-methyl/N-ethyl adjacent to an activating group) is 1. The predicted octanol–water partition coefficient (Wildman–Crippen LogP) is 5.05. The van der Waals surface area contributed by atoms with Crippen LogP contribution in [0.5, 0.6) is 0 Å². The van der Waals surface area contributed by atoms with Crippen molar-refractivity contribution in [3.05, 3.63) is 102 Å². The van der Waals surface area contributed by atoms with E-state index >= 15 is 0 Å². The first kappa shape index (κ1) is 22.5. The van der Waals surface area contributed by atoms with E-state index in [1.807, 2.05) is 0 Å². The maximum absolute atomic E-state index is 14.9. The highest BCUT2D eigenvalue weighted by molar-refractivity contribution is 5.59. The summed E-state index contributed by atoms with van der Waals surface area (Å²) < 4.78 is 92.8. The number of hydrogen-bond acceptors (Lipinski definition) is 5. The molecule has 4 aromatic rings. The van der Waals surface area contributed by atoms with Crippen LogP contribution in [0.4, 0.5) is 22.0 Å². The summed E-state index contributed by atoms with van der Waals surface area (Å²) >= 11 is 0. The summed E-state index contributed by atoms with van der Waals surface area (Å²) in [5, 5.41) is 15.8. The van der Waals surface area contributed by atoms with Crippen molar-refractivity contribution in [1.82, 2.24) is 24.6 Å². The van der Waals surface area contributed by atoms with E-state index in [1.165, 1.54) is 48.7 Å². The average molecular weight is 521 g/mol. The quantitative estimate of drug-likeness (QED) is 0.330. The molecule has 0 fully saturated rings. The van der Waals surface area contributed by atoms with Gasteiger partial charge in [0.05, 0.1) is 17.8 Å². The summed E-state index contributed by atoms with van der Waals surface area (Å²) in [6.45, 7) is -2.04. The summed E-state index contributed by atoms with van der Waals surface area (Å²) in [4.78, 5) is 9.04. The van der Waals surface area contributed by atoms with Crippen LogP contribution in [0.3, 0.4) is 0 Å². The van der Waals surface area contributed by atoms with E-state index in [4.69, 9.17) is 4.11 Å². The standard InChI is InChI=1S/C26H24F5N5O/c1-17(25(37,14-36-16-32-15-34-36)22-9-8-21(27)11-23(22)28)35(2)13-18-3-10-24(33-12-18)19-4-6-20(7-5-19)26(29,30)31/h3-12,15-17,37H,13-14H2,1-2H3/t17-,25-/m1/s1/i2D3. The van der Waals surface area contributed by atoms with E-state index in [2.05, 4.69) is 15.1 Å². The number of rotatable bonds is 8. The molecule has 2 heterocycles. The molecule has 0 bridgehead atoms. The van der Waals surface area contributed by atoms with Crippen molar-refractivity contribution >= 4 is 0 Å². The minimum atomic E-state index is -4.47. The molecule has 2 aromatic heterocycles. The van der Waals surface area contributed by atoms with Gasteiger partial charge in [-0.3, -0.25) is 9.88 Å². The first-order valence-corrected chi connectivity index (χ1v) is 11.1. The summed E-state index contributed by atoms with van der Waals surface area (Å²) in [6, 6.07) is 8.85. The fourth-order valence-corrected chi connectivity index (χ4v) is 3.95. The molecule has 0 aliphatic carbocycles. The Morgan fingerprint density at radius 3 is 2.41 bits per heavy atom. The summed E-state index contributed by atoms with van der Waals surface area (Å²) in [5.74, 6) is -1.94. The van der Waals surface area contributed by atoms with Gasteiger partial charge in [-0.15, -0.1) is 0 Å². The Labute approximate surface area is 214 Å². The van der Waals surface area contributed by atoms with E-state index in [1.54, 1.807) is 6.07 Å². The molecule has 37 heavy (non-hydrogen) atoms. The van der Waals surface area contributed by atoms with Crippen LogP contribution in [0, 0.1) is 11.6 Å². The number of hydrogen-bond donors (Lipinski definition) is 1. The molecule has 0 radical (unpaired) electrons. The third-order valence-electron chi connectivity index (χ3n) is 6.11. The Balaban J connectivity index is 1.65. The lowest BCUT2D eigenvalue weighted by atomic mass is 9.85. The molecule has 0 saturated carbocycles. The second kappa shape index (κ2) is 10.3. The van der Waals surface area contributed by atoms with Crippen LogP contribution in [0.25, 0.3) is 11.3 Å². The maximum atomic E-state index is 14.9. The van der Waals surface area contributed by atoms with Crippen molar-refractivity contribution in [2.45, 2.75) is 37.8 Å². The van der Waals surface area contributed by atoms with Gasteiger partial charge in [-0.05, 0) is 43.7 Å². The highest BCUT2D eigenvalue weighted by Gasteiger charge is 2.41. The Hall–Kier alpha value is -3.70. The highest BCUT2D eigenvalue weighted by Crippen LogP contribution is 2.33. The first-order chi connectivity index (χ1) is 18.7. The van der Waals surface area contributed by atoms with Crippen molar-refractivity contribution in [3.8, 4) is 11.3 Å². The topological polar surface area (TPSA) is 67.1 Å². The van der Waals surface area contributed by atoms with Gasteiger partial charge in [0.2, 0.25) is 0 Å². The van der Waals surface area contributed by atoms with E-state index in [0.29, 0.717) is 22.9 Å². The smallest absolute Gasteiger partial charge is 0.381 e. The van der Waals surface area contributed by atoms with E-state index < -0.39 is 48.5 Å². The van der Waals surface area contributed by atoms with Crippen LogP contribution in [-0.2, 0) is 24.9 Å². The zero-order chi connectivity index (χ0) is 29.3. The van der Waals surface area contributed by atoms with Crippen molar-refractivity contribution in [2.75, 3.05) is 6.98 Å². The van der Waals surface area contributed by atoms with Crippen molar-refractivity contribution in [2.24, 2.45) is 0 Å². The Kier molecular flexibility index (Phi) is 6.29. The molecule has 4 rings (SSSR count). The van der Waals surface area contributed by atoms with Gasteiger partial charge in [0.15, 0.2) is 0 Å². The molecular formula is C26H24F5N5O. The van der Waals surface area contributed by atoms with Gasteiger partial charge in [-0.25, -0.2) is 18.4 Å². The fraction of sp³-hybridized carbons (Fsp3) is 0.269. The number of benzene rings is 2. The van der Waals surface area contributed by atoms with Crippen molar-refractivity contribution < 1.29 is 31.2 Å². The molecule has 6 nitrogen and oxygen atoms in total. The molecule has 0 aliphatic rings. The van der Waals surface area contributed by atoms with Crippen LogP contribution in [0.1, 0.15) is 27.7 Å². The molecule has 0 saturated heterocycles. The van der Waals surface area contributed by atoms with Crippen LogP contribution < -0.4 is 0 Å². The lowest BCUT2D eigenvalue weighted by Gasteiger charge is -2.39. The fourth-order valence-electron chi connectivity index (χ4n) is 3.95. The van der Waals surface area contributed by atoms with Crippen molar-refractivity contribution in [3.63, 3.8) is 0 Å². The molecule has 194 valence electrons. The maximum Gasteiger partial charge on any atom is 0.416 e. The molecule has 1 N–H and O–H groups in total. The van der Waals surface area contributed by atoms with Crippen LogP contribution in [0.2, 0.25) is 0 Å². The van der Waals surface area contributed by atoms with Gasteiger partial charge < -0.3 is 5.11 Å². The Morgan fingerprint density at radius 2 is 1.84 bits per heavy atom. The normalized spacial score (nSPS) is 16.1. The second-order valence-electron chi connectivity index (χ2n) is 8.57. The summed E-state index contributed by atoms with van der Waals surface area (Å²) in [6.07, 6.45) is -0.647. The number of nitrogens with zero attached hydrogens (tertiary/aromatic N) is 5. The molecule has 0 spiro atoms. The Bertz CT molecular complexity index is 1430. The van der Waals surface area contributed by atoms with Gasteiger partial charge in [-0.2, -0.15) is 18.3 Å². The third kappa shape index (κ3) is 5.83. The van der Waals surface area contributed by atoms with Crippen LogP contribution >= 0.6 is 0 Å². The van der Waals surface area contributed by atoms with Crippen molar-refractivity contribution in [1.29, 1.82) is 0 Å². The number of aromatic nitrogens is 4. The van der Waals surface area contributed by atoms with Gasteiger partial charge in [0.25, 0.3) is 0 Å². The third-order valence-corrected chi connectivity index (χ3v) is 6.11. The molecular weight excluding hydrogens is 493 g/mol. The number of alkyl halides is 3. The average Bonchev–Trinajstić information content (AvgIpc) is 3.39. The van der Waals surface area contributed by atoms with Crippen LogP contribution in [-0.4, -0.2) is 42.8 Å². The minimum Gasteiger partial charge on any atom is -0.381 e. The van der Waals surface area contributed by atoms with Gasteiger partial charge >= 0.3 is 6.18 Å². The Morgan fingerprint density at radius 1 is 1.08 bits per heavy atom. The number of pyridine rings is 1. The molecule has 2 atom stereocenters. The molecule has 2 aromatic carbocycles. The lowest BCUT2D eigenvalue weighted by Crippen LogP contribution is -2.50. The predicted molar refractivity (Wildman–Crippen MR) is 126 cm³/mol. The zero-order valence-corrected chi connectivity index (χ0v) is 19.5. The van der Waals surface area contributed by atoms with E-state index in [0.717, 1.165) is 29.2 Å². The second-order valence-corrected chi connectivity index (χ2v) is 8.57. The van der Waals surface area contributed by atoms with Gasteiger partial charge in [0.1, 0.15) is 29.9 Å². The molecule has 0 aliphatic heterocycles. The largest absolute Gasteiger partial charge is 0.416 e. The van der Waals surface area contributed by atoms with Crippen LogP contribution in [0.15, 0.2) is 73.4 Å². The SMILES string of the molecule is [2H]C([2H])([2H])N(Cc1ccc(-c2ccc(C(F)(F)F)cc2)nc1)[C@H](C)[C@](O)(Cn1cncn1)c1ccc(F)cc1F. The monoisotopic (exact) mass is 520 g/mol. The number of aliphatic hydroxyl groups is 1. The summed E-state index contributed by atoms with van der Waals surface area (Å²) in [5.41, 5.74) is -2.14. The molecule has 0 amide bonds. The highest BCUT2D eigenvalue weighted by atomic mass is 19.4. The molecule has 0 unspecified atom stereocenters. The van der Waals surface area contributed by atoms with Gasteiger partial charge in [-0.1, -0.05) is 24.3 Å². The number of halogens is 5. The van der Waals surface area contributed by atoms with E-state index in [-0.39, 0.29) is 12.1 Å². The lowest BCUT2D eigenvalue weighted by molar-refractivity contribution is -0.137. The zero-order valence-electron chi connectivity index (χ0n) is 22.5. The minimum absolute atomic E-state index is 0.263. The summed E-state index contributed by atoms with van der Waals surface area (Å²) in [7, 11) is 0.